The zero-order chi connectivity index (χ0) is 12.5. The number of hydrogen-bond donors (Lipinski definition) is 1. The van der Waals surface area contributed by atoms with E-state index in [4.69, 9.17) is 4.52 Å². The van der Waals surface area contributed by atoms with Crippen LogP contribution in [-0.4, -0.2) is 16.7 Å². The minimum atomic E-state index is 0.541. The van der Waals surface area contributed by atoms with E-state index in [1.165, 1.54) is 11.3 Å². The Labute approximate surface area is 106 Å². The Morgan fingerprint density at radius 3 is 3.11 bits per heavy atom. The molecule has 1 aromatic carbocycles. The predicted molar refractivity (Wildman–Crippen MR) is 70.5 cm³/mol. The van der Waals surface area contributed by atoms with E-state index in [0.29, 0.717) is 11.8 Å². The Kier molecular flexibility index (Phi) is 2.78. The molecule has 0 saturated heterocycles. The molecule has 2 heterocycles. The highest BCUT2D eigenvalue weighted by Gasteiger charge is 2.14. The van der Waals surface area contributed by atoms with Gasteiger partial charge in [-0.25, -0.2) is 0 Å². The number of rotatable bonds is 3. The predicted octanol–water partition coefficient (Wildman–Crippen LogP) is 2.90. The van der Waals surface area contributed by atoms with E-state index in [0.717, 1.165) is 30.8 Å². The summed E-state index contributed by atoms with van der Waals surface area (Å²) in [5, 5.41) is 7.37. The lowest BCUT2D eigenvalue weighted by Crippen LogP contribution is -1.95. The van der Waals surface area contributed by atoms with Crippen molar-refractivity contribution in [3.05, 3.63) is 29.6 Å². The number of aromatic nitrogens is 2. The summed E-state index contributed by atoms with van der Waals surface area (Å²) < 4.78 is 5.33. The van der Waals surface area contributed by atoms with Crippen LogP contribution in [-0.2, 0) is 12.8 Å². The summed E-state index contributed by atoms with van der Waals surface area (Å²) in [5.74, 6) is 1.96. The summed E-state index contributed by atoms with van der Waals surface area (Å²) in [6, 6.07) is 6.26. The second-order valence-corrected chi connectivity index (χ2v) is 5.16. The van der Waals surface area contributed by atoms with Crippen molar-refractivity contribution >= 4 is 5.69 Å². The van der Waals surface area contributed by atoms with Gasteiger partial charge in [-0.2, -0.15) is 4.98 Å². The van der Waals surface area contributed by atoms with Crippen molar-refractivity contribution in [3.8, 4) is 11.5 Å². The summed E-state index contributed by atoms with van der Waals surface area (Å²) in [7, 11) is 0. The molecule has 0 atom stereocenters. The first-order valence-corrected chi connectivity index (χ1v) is 6.42. The lowest BCUT2D eigenvalue weighted by Gasteiger charge is -2.00. The topological polar surface area (TPSA) is 51.0 Å². The van der Waals surface area contributed by atoms with E-state index in [-0.39, 0.29) is 0 Å². The number of benzene rings is 1. The van der Waals surface area contributed by atoms with Crippen LogP contribution < -0.4 is 5.32 Å². The normalized spacial score (nSPS) is 13.7. The molecule has 4 nitrogen and oxygen atoms in total. The second kappa shape index (κ2) is 4.44. The van der Waals surface area contributed by atoms with Crippen molar-refractivity contribution in [1.29, 1.82) is 0 Å². The van der Waals surface area contributed by atoms with Gasteiger partial charge in [0, 0.05) is 24.2 Å². The van der Waals surface area contributed by atoms with Crippen LogP contribution in [0.15, 0.2) is 22.7 Å². The first-order chi connectivity index (χ1) is 8.72. The molecule has 18 heavy (non-hydrogen) atoms. The van der Waals surface area contributed by atoms with E-state index < -0.39 is 0 Å². The van der Waals surface area contributed by atoms with E-state index in [1.807, 2.05) is 6.07 Å². The van der Waals surface area contributed by atoms with Gasteiger partial charge in [-0.15, -0.1) is 0 Å². The fourth-order valence-electron chi connectivity index (χ4n) is 2.26. The number of fused-ring (bicyclic) bond motifs is 1. The average Bonchev–Trinajstić information content (AvgIpc) is 2.95. The summed E-state index contributed by atoms with van der Waals surface area (Å²) in [6.45, 7) is 5.31. The van der Waals surface area contributed by atoms with Crippen LogP contribution in [0.3, 0.4) is 0 Å². The lowest BCUT2D eigenvalue weighted by molar-refractivity contribution is 0.418. The van der Waals surface area contributed by atoms with Gasteiger partial charge in [0.15, 0.2) is 5.82 Å². The van der Waals surface area contributed by atoms with Crippen LogP contribution in [0.1, 0.15) is 25.2 Å². The van der Waals surface area contributed by atoms with Crippen molar-refractivity contribution in [2.75, 3.05) is 11.9 Å². The summed E-state index contributed by atoms with van der Waals surface area (Å²) >= 11 is 0. The molecule has 2 aromatic rings. The van der Waals surface area contributed by atoms with Crippen LogP contribution in [0.4, 0.5) is 5.69 Å². The zero-order valence-electron chi connectivity index (χ0n) is 10.7. The van der Waals surface area contributed by atoms with Crippen LogP contribution in [0.5, 0.6) is 0 Å². The standard InChI is InChI=1S/C14H17N3O/c1-9(2)7-13-16-14(18-17-13)11-3-4-12-10(8-11)5-6-15-12/h3-4,8-9,15H,5-7H2,1-2H3. The van der Waals surface area contributed by atoms with Gasteiger partial charge < -0.3 is 9.84 Å². The van der Waals surface area contributed by atoms with Gasteiger partial charge in [-0.3, -0.25) is 0 Å². The Morgan fingerprint density at radius 2 is 2.28 bits per heavy atom. The van der Waals surface area contributed by atoms with Gasteiger partial charge in [-0.05, 0) is 36.1 Å². The second-order valence-electron chi connectivity index (χ2n) is 5.16. The molecule has 0 amide bonds. The molecular weight excluding hydrogens is 226 g/mol. The molecule has 1 aliphatic heterocycles. The number of nitrogens with zero attached hydrogens (tertiary/aromatic N) is 2. The highest BCUT2D eigenvalue weighted by molar-refractivity contribution is 5.64. The van der Waals surface area contributed by atoms with E-state index in [2.05, 4.69) is 41.4 Å². The van der Waals surface area contributed by atoms with Crippen molar-refractivity contribution in [2.45, 2.75) is 26.7 Å². The molecule has 0 radical (unpaired) electrons. The van der Waals surface area contributed by atoms with Crippen molar-refractivity contribution in [2.24, 2.45) is 5.92 Å². The first kappa shape index (κ1) is 11.3. The molecule has 94 valence electrons. The molecule has 1 aliphatic rings. The molecule has 1 N–H and O–H groups in total. The molecule has 0 saturated carbocycles. The summed E-state index contributed by atoms with van der Waals surface area (Å²) in [4.78, 5) is 4.45. The summed E-state index contributed by atoms with van der Waals surface area (Å²) in [6.07, 6.45) is 1.92. The van der Waals surface area contributed by atoms with E-state index in [1.54, 1.807) is 0 Å². The maximum atomic E-state index is 5.33. The molecule has 1 aromatic heterocycles. The summed E-state index contributed by atoms with van der Waals surface area (Å²) in [5.41, 5.74) is 3.57. The minimum absolute atomic E-state index is 0.541. The van der Waals surface area contributed by atoms with Crippen LogP contribution in [0, 0.1) is 5.92 Å². The molecule has 0 spiro atoms. The SMILES string of the molecule is CC(C)Cc1noc(-c2ccc3c(c2)CCN3)n1. The largest absolute Gasteiger partial charge is 0.384 e. The molecule has 3 rings (SSSR count). The van der Waals surface area contributed by atoms with E-state index >= 15 is 0 Å². The molecule has 0 unspecified atom stereocenters. The number of anilines is 1. The third-order valence-electron chi connectivity index (χ3n) is 3.12. The minimum Gasteiger partial charge on any atom is -0.384 e. The van der Waals surface area contributed by atoms with E-state index in [9.17, 15) is 0 Å². The fraction of sp³-hybridized carbons (Fsp3) is 0.429. The molecule has 0 aliphatic carbocycles. The molecule has 4 heteroatoms. The Bertz CT molecular complexity index is 560. The quantitative estimate of drug-likeness (QED) is 0.900. The van der Waals surface area contributed by atoms with Gasteiger partial charge in [0.1, 0.15) is 0 Å². The first-order valence-electron chi connectivity index (χ1n) is 6.42. The number of nitrogens with one attached hydrogen (secondary N) is 1. The monoisotopic (exact) mass is 243 g/mol. The lowest BCUT2D eigenvalue weighted by atomic mass is 10.1. The van der Waals surface area contributed by atoms with Crippen molar-refractivity contribution in [1.82, 2.24) is 10.1 Å². The van der Waals surface area contributed by atoms with Gasteiger partial charge in [0.25, 0.3) is 5.89 Å². The molecular formula is C14H17N3O. The van der Waals surface area contributed by atoms with Crippen molar-refractivity contribution < 1.29 is 4.52 Å². The zero-order valence-corrected chi connectivity index (χ0v) is 10.7. The van der Waals surface area contributed by atoms with Gasteiger partial charge in [0.2, 0.25) is 0 Å². The third-order valence-corrected chi connectivity index (χ3v) is 3.12. The smallest absolute Gasteiger partial charge is 0.257 e. The number of hydrogen-bond acceptors (Lipinski definition) is 4. The molecule has 0 fully saturated rings. The van der Waals surface area contributed by atoms with Gasteiger partial charge in [-0.1, -0.05) is 19.0 Å². The average molecular weight is 243 g/mol. The highest BCUT2D eigenvalue weighted by Crippen LogP contribution is 2.27. The highest BCUT2D eigenvalue weighted by atomic mass is 16.5. The van der Waals surface area contributed by atoms with Crippen LogP contribution in [0.2, 0.25) is 0 Å². The molecule has 0 bridgehead atoms. The van der Waals surface area contributed by atoms with Crippen molar-refractivity contribution in [3.63, 3.8) is 0 Å². The van der Waals surface area contributed by atoms with Crippen LogP contribution in [0.25, 0.3) is 11.5 Å². The Morgan fingerprint density at radius 1 is 1.39 bits per heavy atom. The van der Waals surface area contributed by atoms with Gasteiger partial charge >= 0.3 is 0 Å². The maximum absolute atomic E-state index is 5.33. The maximum Gasteiger partial charge on any atom is 0.257 e. The van der Waals surface area contributed by atoms with Gasteiger partial charge in [0.05, 0.1) is 0 Å². The third kappa shape index (κ3) is 2.10. The fourth-order valence-corrected chi connectivity index (χ4v) is 2.26. The van der Waals surface area contributed by atoms with Crippen LogP contribution >= 0.6 is 0 Å². The Balaban J connectivity index is 1.88. The Hall–Kier alpha value is -1.84.